The number of Topliss-reactive ketones (excluding diaryl/α,β-unsaturated/α-hetero) is 1. The molecule has 1 saturated heterocycles. The zero-order valence-corrected chi connectivity index (χ0v) is 8.67. The van der Waals surface area contributed by atoms with E-state index in [0.717, 1.165) is 43.2 Å². The van der Waals surface area contributed by atoms with Crippen molar-refractivity contribution < 1.29 is 4.79 Å². The maximum Gasteiger partial charge on any atom is 0.133 e. The molecule has 2 heteroatoms. The highest BCUT2D eigenvalue weighted by Crippen LogP contribution is 2.45. The van der Waals surface area contributed by atoms with E-state index in [0.29, 0.717) is 5.78 Å². The molecule has 3 fully saturated rings. The van der Waals surface area contributed by atoms with Gasteiger partial charge < -0.3 is 5.32 Å². The van der Waals surface area contributed by atoms with Crippen LogP contribution in [0.5, 0.6) is 0 Å². The Bertz CT molecular complexity index is 229. The molecule has 0 aromatic heterocycles. The smallest absolute Gasteiger partial charge is 0.133 e. The molecular weight excluding hydrogens is 174 g/mol. The van der Waals surface area contributed by atoms with E-state index in [1.807, 2.05) is 0 Å². The Morgan fingerprint density at radius 2 is 1.86 bits per heavy atom. The molecule has 1 aliphatic heterocycles. The molecule has 0 aromatic rings. The topological polar surface area (TPSA) is 29.1 Å². The average molecular weight is 193 g/mol. The summed E-state index contributed by atoms with van der Waals surface area (Å²) in [7, 11) is 0. The fraction of sp³-hybridized carbons (Fsp3) is 0.917. The molecule has 2 saturated carbocycles. The summed E-state index contributed by atoms with van der Waals surface area (Å²) in [5.41, 5.74) is 0. The summed E-state index contributed by atoms with van der Waals surface area (Å²) in [6.45, 7) is 1.14. The van der Waals surface area contributed by atoms with Crippen LogP contribution in [0.25, 0.3) is 0 Å². The lowest BCUT2D eigenvalue weighted by Crippen LogP contribution is -2.53. The van der Waals surface area contributed by atoms with Gasteiger partial charge in [0.2, 0.25) is 0 Å². The van der Waals surface area contributed by atoms with Crippen molar-refractivity contribution in [2.75, 3.05) is 6.54 Å². The van der Waals surface area contributed by atoms with E-state index in [9.17, 15) is 4.79 Å². The van der Waals surface area contributed by atoms with E-state index < -0.39 is 0 Å². The van der Waals surface area contributed by atoms with Crippen LogP contribution in [0.15, 0.2) is 0 Å². The van der Waals surface area contributed by atoms with Gasteiger partial charge in [0.1, 0.15) is 5.78 Å². The number of ketones is 1. The Balaban J connectivity index is 1.85. The fourth-order valence-corrected chi connectivity index (χ4v) is 4.06. The Kier molecular flexibility index (Phi) is 2.12. The largest absolute Gasteiger partial charge is 0.314 e. The molecule has 3 aliphatic rings. The van der Waals surface area contributed by atoms with Crippen molar-refractivity contribution >= 4 is 5.78 Å². The number of carbonyl (C=O) groups excluding carboxylic acids is 1. The van der Waals surface area contributed by atoms with Crippen LogP contribution in [0.1, 0.15) is 38.5 Å². The minimum Gasteiger partial charge on any atom is -0.314 e. The second-order valence-corrected chi connectivity index (χ2v) is 5.32. The summed E-state index contributed by atoms with van der Waals surface area (Å²) < 4.78 is 0. The Labute approximate surface area is 85.4 Å². The summed E-state index contributed by atoms with van der Waals surface area (Å²) in [6, 6.07) is 0.751. The van der Waals surface area contributed by atoms with Crippen LogP contribution in [0, 0.1) is 17.8 Å². The van der Waals surface area contributed by atoms with E-state index in [1.165, 1.54) is 25.7 Å². The maximum atomic E-state index is 11.6. The molecule has 0 bridgehead atoms. The molecule has 0 spiro atoms. The first-order chi connectivity index (χ1) is 6.84. The predicted molar refractivity (Wildman–Crippen MR) is 55.0 cm³/mol. The van der Waals surface area contributed by atoms with Crippen LogP contribution in [0.2, 0.25) is 0 Å². The van der Waals surface area contributed by atoms with Crippen LogP contribution in [-0.4, -0.2) is 18.4 Å². The molecule has 4 atom stereocenters. The van der Waals surface area contributed by atoms with Gasteiger partial charge in [-0.3, -0.25) is 4.79 Å². The van der Waals surface area contributed by atoms with Gasteiger partial charge in [-0.2, -0.15) is 0 Å². The molecule has 1 heterocycles. The molecule has 0 radical (unpaired) electrons. The highest BCUT2D eigenvalue weighted by atomic mass is 16.1. The molecule has 3 rings (SSSR count). The molecule has 0 unspecified atom stereocenters. The lowest BCUT2D eigenvalue weighted by molar-refractivity contribution is -0.127. The highest BCUT2D eigenvalue weighted by molar-refractivity contribution is 5.80. The second-order valence-electron chi connectivity index (χ2n) is 5.32. The first kappa shape index (κ1) is 8.90. The van der Waals surface area contributed by atoms with Crippen LogP contribution in [0.4, 0.5) is 0 Å². The van der Waals surface area contributed by atoms with E-state index in [2.05, 4.69) is 5.32 Å². The highest BCUT2D eigenvalue weighted by Gasteiger charge is 2.44. The zero-order valence-electron chi connectivity index (χ0n) is 8.67. The van der Waals surface area contributed by atoms with E-state index in [-0.39, 0.29) is 0 Å². The van der Waals surface area contributed by atoms with E-state index >= 15 is 0 Å². The summed E-state index contributed by atoms with van der Waals surface area (Å²) in [5, 5.41) is 3.65. The Hall–Kier alpha value is -0.370. The van der Waals surface area contributed by atoms with Gasteiger partial charge in [-0.25, -0.2) is 0 Å². The number of carbonyl (C=O) groups is 1. The van der Waals surface area contributed by atoms with Gasteiger partial charge in [0.05, 0.1) is 0 Å². The van der Waals surface area contributed by atoms with Crippen molar-refractivity contribution in [1.82, 2.24) is 5.32 Å². The number of hydrogen-bond donors (Lipinski definition) is 1. The summed E-state index contributed by atoms with van der Waals surface area (Å²) in [6.07, 6.45) is 7.01. The summed E-state index contributed by atoms with van der Waals surface area (Å²) in [4.78, 5) is 11.6. The third kappa shape index (κ3) is 1.31. The third-order valence-electron chi connectivity index (χ3n) is 4.54. The molecule has 1 N–H and O–H groups in total. The monoisotopic (exact) mass is 193 g/mol. The minimum absolute atomic E-state index is 0.541. The third-order valence-corrected chi connectivity index (χ3v) is 4.54. The minimum atomic E-state index is 0.541. The van der Waals surface area contributed by atoms with Gasteiger partial charge in [-0.1, -0.05) is 6.42 Å². The van der Waals surface area contributed by atoms with E-state index in [4.69, 9.17) is 0 Å². The molecular formula is C12H19NO. The lowest BCUT2D eigenvalue weighted by Gasteiger charge is -2.49. The Morgan fingerprint density at radius 3 is 2.71 bits per heavy atom. The number of hydrogen-bond acceptors (Lipinski definition) is 2. The van der Waals surface area contributed by atoms with Crippen molar-refractivity contribution in [1.29, 1.82) is 0 Å². The van der Waals surface area contributed by atoms with Crippen molar-refractivity contribution in [3.63, 3.8) is 0 Å². The van der Waals surface area contributed by atoms with Gasteiger partial charge in [0.25, 0.3) is 0 Å². The number of rotatable bonds is 0. The summed E-state index contributed by atoms with van der Waals surface area (Å²) in [5.74, 6) is 2.84. The molecule has 0 aromatic carbocycles. The summed E-state index contributed by atoms with van der Waals surface area (Å²) >= 11 is 0. The van der Waals surface area contributed by atoms with Crippen LogP contribution >= 0.6 is 0 Å². The molecule has 2 aliphatic carbocycles. The van der Waals surface area contributed by atoms with Gasteiger partial charge in [0, 0.05) is 18.9 Å². The van der Waals surface area contributed by atoms with Gasteiger partial charge >= 0.3 is 0 Å². The predicted octanol–water partition coefficient (Wildman–Crippen LogP) is 1.74. The molecule has 14 heavy (non-hydrogen) atoms. The van der Waals surface area contributed by atoms with Crippen molar-refractivity contribution in [2.45, 2.75) is 44.6 Å². The number of nitrogens with one attached hydrogen (secondary N) is 1. The normalized spacial score (nSPS) is 47.3. The quantitative estimate of drug-likeness (QED) is 0.635. The number of piperidine rings is 1. The first-order valence-corrected chi connectivity index (χ1v) is 6.09. The SMILES string of the molecule is O=C1C[C@H]2CCC[C@H]3NCC[C@@H](C1)[C@H]23. The maximum absolute atomic E-state index is 11.6. The van der Waals surface area contributed by atoms with Crippen LogP contribution in [-0.2, 0) is 4.79 Å². The van der Waals surface area contributed by atoms with Crippen molar-refractivity contribution in [2.24, 2.45) is 17.8 Å². The van der Waals surface area contributed by atoms with E-state index in [1.54, 1.807) is 0 Å². The lowest BCUT2D eigenvalue weighted by atomic mass is 9.61. The van der Waals surface area contributed by atoms with Crippen LogP contribution < -0.4 is 5.32 Å². The van der Waals surface area contributed by atoms with Crippen LogP contribution in [0.3, 0.4) is 0 Å². The van der Waals surface area contributed by atoms with Gasteiger partial charge in [-0.05, 0) is 43.6 Å². The van der Waals surface area contributed by atoms with Gasteiger partial charge in [-0.15, -0.1) is 0 Å². The standard InChI is InChI=1S/C12H19NO/c14-10-6-8-2-1-3-11-12(8)9(7-10)4-5-13-11/h8-9,11-13H,1-7H2/t8-,9+,11-,12+/m1/s1. The zero-order chi connectivity index (χ0) is 9.54. The molecule has 2 nitrogen and oxygen atoms in total. The fourth-order valence-electron chi connectivity index (χ4n) is 4.06. The molecule has 0 amide bonds. The first-order valence-electron chi connectivity index (χ1n) is 6.09. The van der Waals surface area contributed by atoms with Crippen molar-refractivity contribution in [3.8, 4) is 0 Å². The molecule has 78 valence electrons. The Morgan fingerprint density at radius 1 is 1.07 bits per heavy atom. The van der Waals surface area contributed by atoms with Crippen molar-refractivity contribution in [3.05, 3.63) is 0 Å². The van der Waals surface area contributed by atoms with Gasteiger partial charge in [0.15, 0.2) is 0 Å². The second kappa shape index (κ2) is 3.34. The average Bonchev–Trinajstić information content (AvgIpc) is 2.18.